The zero-order valence-electron chi connectivity index (χ0n) is 12.2. The van der Waals surface area contributed by atoms with Crippen LogP contribution in [0, 0.1) is 0 Å². The summed E-state index contributed by atoms with van der Waals surface area (Å²) in [5.74, 6) is 0.971. The largest absolute Gasteiger partial charge is 0.490 e. The van der Waals surface area contributed by atoms with E-state index in [9.17, 15) is 0 Å². The average molecular weight is 279 g/mol. The minimum Gasteiger partial charge on any atom is -0.490 e. The predicted molar refractivity (Wildman–Crippen MR) is 88.3 cm³/mol. The fourth-order valence-corrected chi connectivity index (χ4v) is 2.52. The van der Waals surface area contributed by atoms with E-state index in [0.29, 0.717) is 6.10 Å². The summed E-state index contributed by atoms with van der Waals surface area (Å²) in [5.41, 5.74) is 2.41. The van der Waals surface area contributed by atoms with E-state index < -0.39 is 0 Å². The van der Waals surface area contributed by atoms with E-state index in [1.807, 2.05) is 6.07 Å². The van der Waals surface area contributed by atoms with Gasteiger partial charge in [-0.2, -0.15) is 0 Å². The summed E-state index contributed by atoms with van der Waals surface area (Å²) in [6.45, 7) is 2.12. The van der Waals surface area contributed by atoms with Crippen LogP contribution in [-0.4, -0.2) is 19.2 Å². The third-order valence-corrected chi connectivity index (χ3v) is 3.74. The van der Waals surface area contributed by atoms with Crippen molar-refractivity contribution in [1.82, 2.24) is 5.32 Å². The van der Waals surface area contributed by atoms with Gasteiger partial charge in [0, 0.05) is 0 Å². The first-order valence-electron chi connectivity index (χ1n) is 7.61. The van der Waals surface area contributed by atoms with Crippen LogP contribution in [0.2, 0.25) is 0 Å². The molecule has 0 bridgehead atoms. The van der Waals surface area contributed by atoms with Crippen molar-refractivity contribution in [3.63, 3.8) is 0 Å². The SMILES string of the molecule is C(=C\c1ccc(OC2CCNCC2)cc1)/c1ccccc1. The lowest BCUT2D eigenvalue weighted by molar-refractivity contribution is 0.162. The van der Waals surface area contributed by atoms with Gasteiger partial charge in [-0.1, -0.05) is 54.6 Å². The van der Waals surface area contributed by atoms with E-state index in [2.05, 4.69) is 66.0 Å². The number of ether oxygens (including phenoxy) is 1. The zero-order chi connectivity index (χ0) is 14.3. The molecule has 0 aromatic heterocycles. The summed E-state index contributed by atoms with van der Waals surface area (Å²) in [7, 11) is 0. The van der Waals surface area contributed by atoms with Crippen LogP contribution in [0.4, 0.5) is 0 Å². The highest BCUT2D eigenvalue weighted by atomic mass is 16.5. The molecule has 0 aliphatic carbocycles. The maximum Gasteiger partial charge on any atom is 0.119 e. The summed E-state index contributed by atoms with van der Waals surface area (Å²) >= 11 is 0. The van der Waals surface area contributed by atoms with Crippen LogP contribution in [0.15, 0.2) is 54.6 Å². The van der Waals surface area contributed by atoms with E-state index in [1.54, 1.807) is 0 Å². The number of hydrogen-bond donors (Lipinski definition) is 1. The predicted octanol–water partition coefficient (Wildman–Crippen LogP) is 3.99. The molecule has 0 radical (unpaired) electrons. The van der Waals surface area contributed by atoms with Crippen LogP contribution in [0.25, 0.3) is 12.2 Å². The molecule has 0 unspecified atom stereocenters. The molecule has 0 atom stereocenters. The van der Waals surface area contributed by atoms with Gasteiger partial charge in [-0.15, -0.1) is 0 Å². The summed E-state index contributed by atoms with van der Waals surface area (Å²) in [5, 5.41) is 3.35. The van der Waals surface area contributed by atoms with Gasteiger partial charge in [-0.3, -0.25) is 0 Å². The molecule has 1 aliphatic rings. The van der Waals surface area contributed by atoms with Crippen LogP contribution in [-0.2, 0) is 0 Å². The van der Waals surface area contributed by atoms with Crippen molar-refractivity contribution in [3.05, 3.63) is 65.7 Å². The molecule has 1 saturated heterocycles. The van der Waals surface area contributed by atoms with Crippen molar-refractivity contribution >= 4 is 12.2 Å². The Bertz CT molecular complexity index is 568. The number of nitrogens with one attached hydrogen (secondary N) is 1. The van der Waals surface area contributed by atoms with E-state index >= 15 is 0 Å². The Morgan fingerprint density at radius 3 is 2.10 bits per heavy atom. The first-order valence-corrected chi connectivity index (χ1v) is 7.61. The van der Waals surface area contributed by atoms with E-state index in [1.165, 1.54) is 11.1 Å². The second-order valence-electron chi connectivity index (χ2n) is 5.38. The van der Waals surface area contributed by atoms with Gasteiger partial charge in [0.2, 0.25) is 0 Å². The summed E-state index contributed by atoms with van der Waals surface area (Å²) < 4.78 is 6.01. The van der Waals surface area contributed by atoms with Gasteiger partial charge in [-0.05, 0) is 49.2 Å². The van der Waals surface area contributed by atoms with Crippen LogP contribution >= 0.6 is 0 Å². The third kappa shape index (κ3) is 4.20. The molecule has 0 spiro atoms. The summed E-state index contributed by atoms with van der Waals surface area (Å²) in [4.78, 5) is 0. The van der Waals surface area contributed by atoms with Gasteiger partial charge < -0.3 is 10.1 Å². The Balaban J connectivity index is 1.60. The standard InChI is InChI=1S/C19H21NO/c1-2-4-16(5-3-1)6-7-17-8-10-18(11-9-17)21-19-12-14-20-15-13-19/h1-11,19-20H,12-15H2/b7-6+. The molecule has 2 aromatic carbocycles. The van der Waals surface area contributed by atoms with Crippen molar-refractivity contribution in [2.75, 3.05) is 13.1 Å². The number of piperidine rings is 1. The lowest BCUT2D eigenvalue weighted by Crippen LogP contribution is -2.34. The molecule has 1 heterocycles. The van der Waals surface area contributed by atoms with Crippen LogP contribution in [0.5, 0.6) is 5.75 Å². The van der Waals surface area contributed by atoms with Crippen molar-refractivity contribution in [2.45, 2.75) is 18.9 Å². The highest BCUT2D eigenvalue weighted by molar-refractivity contribution is 5.69. The van der Waals surface area contributed by atoms with Gasteiger partial charge in [0.25, 0.3) is 0 Å². The molecule has 2 heteroatoms. The molecule has 1 fully saturated rings. The number of hydrogen-bond acceptors (Lipinski definition) is 2. The van der Waals surface area contributed by atoms with Crippen LogP contribution in [0.3, 0.4) is 0 Å². The molecule has 0 amide bonds. The van der Waals surface area contributed by atoms with Gasteiger partial charge in [-0.25, -0.2) is 0 Å². The lowest BCUT2D eigenvalue weighted by Gasteiger charge is -2.23. The lowest BCUT2D eigenvalue weighted by atomic mass is 10.1. The maximum atomic E-state index is 6.01. The molecule has 2 aromatic rings. The van der Waals surface area contributed by atoms with Crippen molar-refractivity contribution in [3.8, 4) is 5.75 Å². The Kier molecular flexibility index (Phi) is 4.70. The van der Waals surface area contributed by atoms with Gasteiger partial charge in [0.1, 0.15) is 11.9 Å². The molecule has 108 valence electrons. The highest BCUT2D eigenvalue weighted by Crippen LogP contribution is 2.18. The minimum absolute atomic E-state index is 0.358. The monoisotopic (exact) mass is 279 g/mol. The van der Waals surface area contributed by atoms with E-state index in [0.717, 1.165) is 31.7 Å². The average Bonchev–Trinajstić information content (AvgIpc) is 2.56. The smallest absolute Gasteiger partial charge is 0.119 e. The molecule has 2 nitrogen and oxygen atoms in total. The van der Waals surface area contributed by atoms with E-state index in [4.69, 9.17) is 4.74 Å². The molecule has 3 rings (SSSR count). The zero-order valence-corrected chi connectivity index (χ0v) is 12.2. The van der Waals surface area contributed by atoms with Gasteiger partial charge >= 0.3 is 0 Å². The minimum atomic E-state index is 0.358. The Hall–Kier alpha value is -2.06. The third-order valence-electron chi connectivity index (χ3n) is 3.74. The number of rotatable bonds is 4. The highest BCUT2D eigenvalue weighted by Gasteiger charge is 2.13. The topological polar surface area (TPSA) is 21.3 Å². The maximum absolute atomic E-state index is 6.01. The van der Waals surface area contributed by atoms with E-state index in [-0.39, 0.29) is 0 Å². The van der Waals surface area contributed by atoms with Gasteiger partial charge in [0.05, 0.1) is 0 Å². The van der Waals surface area contributed by atoms with Crippen LogP contribution in [0.1, 0.15) is 24.0 Å². The number of benzene rings is 2. The molecular formula is C19H21NO. The fraction of sp³-hybridized carbons (Fsp3) is 0.263. The molecular weight excluding hydrogens is 258 g/mol. The second-order valence-corrected chi connectivity index (χ2v) is 5.38. The Labute approximate surface area is 126 Å². The van der Waals surface area contributed by atoms with Crippen molar-refractivity contribution in [1.29, 1.82) is 0 Å². The van der Waals surface area contributed by atoms with Gasteiger partial charge in [0.15, 0.2) is 0 Å². The normalized spacial score (nSPS) is 16.2. The van der Waals surface area contributed by atoms with Crippen molar-refractivity contribution < 1.29 is 4.74 Å². The second kappa shape index (κ2) is 7.09. The molecule has 0 saturated carbocycles. The van der Waals surface area contributed by atoms with Crippen molar-refractivity contribution in [2.24, 2.45) is 0 Å². The molecule has 1 N–H and O–H groups in total. The summed E-state index contributed by atoms with van der Waals surface area (Å²) in [6, 6.07) is 18.7. The fourth-order valence-electron chi connectivity index (χ4n) is 2.52. The Morgan fingerprint density at radius 1 is 0.810 bits per heavy atom. The Morgan fingerprint density at radius 2 is 1.43 bits per heavy atom. The first kappa shape index (κ1) is 13.9. The molecule has 1 aliphatic heterocycles. The van der Waals surface area contributed by atoms with Crippen LogP contribution < -0.4 is 10.1 Å². The first-order chi connectivity index (χ1) is 10.4. The molecule has 21 heavy (non-hydrogen) atoms. The summed E-state index contributed by atoms with van der Waals surface area (Å²) in [6.07, 6.45) is 6.80. The quantitative estimate of drug-likeness (QED) is 0.855.